The van der Waals surface area contributed by atoms with Crippen LogP contribution in [0.5, 0.6) is 0 Å². The molecule has 1 atom stereocenters. The maximum Gasteiger partial charge on any atom is 0.251 e. The molecule has 0 fully saturated rings. The fourth-order valence-electron chi connectivity index (χ4n) is 3.56. The van der Waals surface area contributed by atoms with E-state index < -0.39 is 5.82 Å². The van der Waals surface area contributed by atoms with Crippen molar-refractivity contribution in [2.45, 2.75) is 12.8 Å². The summed E-state index contributed by atoms with van der Waals surface area (Å²) in [5.74, 6) is -0.302. The number of fused-ring (bicyclic) bond motifs is 1. The molecule has 1 aromatic carbocycles. The van der Waals surface area contributed by atoms with Crippen molar-refractivity contribution in [2.75, 3.05) is 18.9 Å². The molecular weight excluding hydrogens is 421 g/mol. The first-order valence-corrected chi connectivity index (χ1v) is 10.2. The molecule has 3 heterocycles. The Bertz CT molecular complexity index is 1370. The Morgan fingerprint density at radius 3 is 2.73 bits per heavy atom. The Morgan fingerprint density at radius 2 is 2.00 bits per heavy atom. The number of rotatable bonds is 6. The van der Waals surface area contributed by atoms with E-state index >= 15 is 0 Å². The van der Waals surface area contributed by atoms with Gasteiger partial charge in [0, 0.05) is 48.9 Å². The average molecular weight is 441 g/mol. The quantitative estimate of drug-likeness (QED) is 0.469. The number of hydrogen-bond donors (Lipinski definition) is 2. The van der Waals surface area contributed by atoms with E-state index in [1.165, 1.54) is 31.7 Å². The predicted octanol–water partition coefficient (Wildman–Crippen LogP) is 3.67. The summed E-state index contributed by atoms with van der Waals surface area (Å²) >= 11 is 0. The van der Waals surface area contributed by atoms with Gasteiger partial charge in [0.2, 0.25) is 0 Å². The van der Waals surface area contributed by atoms with Gasteiger partial charge in [-0.2, -0.15) is 5.26 Å². The molecule has 4 aromatic rings. The van der Waals surface area contributed by atoms with Crippen molar-refractivity contribution in [3.8, 4) is 17.3 Å². The van der Waals surface area contributed by atoms with Gasteiger partial charge in [0.1, 0.15) is 29.7 Å². The molecule has 8 nitrogen and oxygen atoms in total. The molecule has 9 heteroatoms. The molecule has 164 valence electrons. The molecular formula is C24H20FN7O. The summed E-state index contributed by atoms with van der Waals surface area (Å²) < 4.78 is 14.6. The monoisotopic (exact) mass is 441 g/mol. The molecule has 0 saturated heterocycles. The zero-order chi connectivity index (χ0) is 23.4. The van der Waals surface area contributed by atoms with Gasteiger partial charge in [-0.15, -0.1) is 0 Å². The first kappa shape index (κ1) is 21.8. The molecule has 1 amide bonds. The first-order valence-electron chi connectivity index (χ1n) is 10.2. The van der Waals surface area contributed by atoms with Crippen LogP contribution in [0.1, 0.15) is 34.5 Å². The molecule has 0 radical (unpaired) electrons. The molecule has 1 unspecified atom stereocenters. The molecule has 4 rings (SSSR count). The van der Waals surface area contributed by atoms with E-state index in [1.54, 1.807) is 30.5 Å². The van der Waals surface area contributed by atoms with Gasteiger partial charge in [0.25, 0.3) is 5.91 Å². The Morgan fingerprint density at radius 1 is 1.15 bits per heavy atom. The third-order valence-corrected chi connectivity index (χ3v) is 5.31. The number of nitriles is 1. The lowest BCUT2D eigenvalue weighted by Gasteiger charge is -2.17. The SMILES string of the molecule is CNC(=O)c1ccnc2c(C(C)CNc3cc(-c4ccc(C#N)nc4)ncn3)ccc(F)c12. The van der Waals surface area contributed by atoms with Crippen molar-refractivity contribution >= 4 is 22.6 Å². The number of nitrogens with one attached hydrogen (secondary N) is 2. The Labute approximate surface area is 189 Å². The van der Waals surface area contributed by atoms with Crippen molar-refractivity contribution in [3.63, 3.8) is 0 Å². The zero-order valence-corrected chi connectivity index (χ0v) is 18.0. The number of halogens is 1. The average Bonchev–Trinajstić information content (AvgIpc) is 2.87. The standard InChI is InChI=1S/C24H20FN7O/c1-14(17-5-6-19(25)22-18(24(33)27-2)7-8-28-23(17)22)11-30-21-9-20(31-13-32-21)15-3-4-16(10-26)29-12-15/h3-9,12-14H,11H2,1-2H3,(H,27,33)(H,30,31,32). The number of anilines is 1. The topological polar surface area (TPSA) is 116 Å². The van der Waals surface area contributed by atoms with E-state index in [9.17, 15) is 9.18 Å². The van der Waals surface area contributed by atoms with E-state index in [-0.39, 0.29) is 22.8 Å². The molecule has 33 heavy (non-hydrogen) atoms. The van der Waals surface area contributed by atoms with E-state index in [2.05, 4.69) is 30.6 Å². The summed E-state index contributed by atoms with van der Waals surface area (Å²) in [4.78, 5) is 29.2. The summed E-state index contributed by atoms with van der Waals surface area (Å²) in [6, 6.07) is 11.8. The number of hydrogen-bond acceptors (Lipinski definition) is 7. The number of benzene rings is 1. The van der Waals surface area contributed by atoms with Gasteiger partial charge in [-0.25, -0.2) is 19.3 Å². The molecule has 0 aliphatic carbocycles. The Kier molecular flexibility index (Phi) is 6.17. The molecule has 0 saturated carbocycles. The molecule has 3 aromatic heterocycles. The van der Waals surface area contributed by atoms with Gasteiger partial charge >= 0.3 is 0 Å². The summed E-state index contributed by atoms with van der Waals surface area (Å²) in [7, 11) is 1.51. The highest BCUT2D eigenvalue weighted by Crippen LogP contribution is 2.29. The first-order chi connectivity index (χ1) is 16.0. The van der Waals surface area contributed by atoms with Crippen molar-refractivity contribution in [2.24, 2.45) is 0 Å². The largest absolute Gasteiger partial charge is 0.369 e. The second kappa shape index (κ2) is 9.36. The summed E-state index contributed by atoms with van der Waals surface area (Å²) in [5, 5.41) is 14.9. The van der Waals surface area contributed by atoms with E-state index in [0.29, 0.717) is 29.3 Å². The number of nitrogens with zero attached hydrogens (tertiary/aromatic N) is 5. The maximum atomic E-state index is 14.6. The highest BCUT2D eigenvalue weighted by molar-refractivity contribution is 6.06. The van der Waals surface area contributed by atoms with Crippen molar-refractivity contribution in [1.82, 2.24) is 25.3 Å². The second-order valence-electron chi connectivity index (χ2n) is 7.41. The number of pyridine rings is 2. The van der Waals surface area contributed by atoms with Crippen LogP contribution in [-0.2, 0) is 0 Å². The van der Waals surface area contributed by atoms with Gasteiger partial charge in [-0.3, -0.25) is 9.78 Å². The minimum absolute atomic E-state index is 0.0597. The highest BCUT2D eigenvalue weighted by atomic mass is 19.1. The van der Waals surface area contributed by atoms with Crippen LogP contribution in [0.4, 0.5) is 10.2 Å². The van der Waals surface area contributed by atoms with Gasteiger partial charge < -0.3 is 10.6 Å². The van der Waals surface area contributed by atoms with Crippen LogP contribution in [0.25, 0.3) is 22.2 Å². The molecule has 0 aliphatic rings. The molecule has 2 N–H and O–H groups in total. The third-order valence-electron chi connectivity index (χ3n) is 5.31. The van der Waals surface area contributed by atoms with Crippen LogP contribution < -0.4 is 10.6 Å². The smallest absolute Gasteiger partial charge is 0.251 e. The van der Waals surface area contributed by atoms with E-state index in [1.807, 2.05) is 13.0 Å². The van der Waals surface area contributed by atoms with E-state index in [0.717, 1.165) is 11.1 Å². The lowest BCUT2D eigenvalue weighted by molar-refractivity contribution is 0.0964. The third kappa shape index (κ3) is 4.45. The van der Waals surface area contributed by atoms with Gasteiger partial charge in [0.05, 0.1) is 16.8 Å². The minimum Gasteiger partial charge on any atom is -0.369 e. The lowest BCUT2D eigenvalue weighted by atomic mass is 9.95. The van der Waals surface area contributed by atoms with Crippen LogP contribution in [-0.4, -0.2) is 39.4 Å². The van der Waals surface area contributed by atoms with Crippen LogP contribution in [0.2, 0.25) is 0 Å². The summed E-state index contributed by atoms with van der Waals surface area (Å²) in [6.07, 6.45) is 4.55. The Balaban J connectivity index is 1.57. The maximum absolute atomic E-state index is 14.6. The van der Waals surface area contributed by atoms with Gasteiger partial charge in [0.15, 0.2) is 0 Å². The molecule has 0 bridgehead atoms. The normalized spacial score (nSPS) is 11.6. The van der Waals surface area contributed by atoms with Crippen LogP contribution >= 0.6 is 0 Å². The summed E-state index contributed by atoms with van der Waals surface area (Å²) in [5.41, 5.74) is 3.29. The fourth-order valence-corrected chi connectivity index (χ4v) is 3.56. The van der Waals surface area contributed by atoms with Crippen LogP contribution in [0.15, 0.2) is 55.1 Å². The number of amides is 1. The summed E-state index contributed by atoms with van der Waals surface area (Å²) in [6.45, 7) is 2.48. The van der Waals surface area contributed by atoms with Crippen LogP contribution in [0, 0.1) is 17.1 Å². The van der Waals surface area contributed by atoms with Crippen LogP contribution in [0.3, 0.4) is 0 Å². The zero-order valence-electron chi connectivity index (χ0n) is 18.0. The van der Waals surface area contributed by atoms with Crippen molar-refractivity contribution in [1.29, 1.82) is 5.26 Å². The predicted molar refractivity (Wildman–Crippen MR) is 122 cm³/mol. The molecule has 0 aliphatic heterocycles. The second-order valence-corrected chi connectivity index (χ2v) is 7.41. The minimum atomic E-state index is -0.489. The number of aromatic nitrogens is 4. The number of carbonyl (C=O) groups excluding carboxylic acids is 1. The van der Waals surface area contributed by atoms with Gasteiger partial charge in [-0.1, -0.05) is 13.0 Å². The van der Waals surface area contributed by atoms with Gasteiger partial charge in [-0.05, 0) is 29.8 Å². The van der Waals surface area contributed by atoms with Crippen molar-refractivity contribution < 1.29 is 9.18 Å². The highest BCUT2D eigenvalue weighted by Gasteiger charge is 2.18. The Hall–Kier alpha value is -4.45. The molecule has 0 spiro atoms. The fraction of sp³-hybridized carbons (Fsp3) is 0.167. The van der Waals surface area contributed by atoms with Crippen molar-refractivity contribution in [3.05, 3.63) is 77.8 Å². The number of carbonyl (C=O) groups is 1. The lowest BCUT2D eigenvalue weighted by Crippen LogP contribution is -2.19. The van der Waals surface area contributed by atoms with E-state index in [4.69, 9.17) is 5.26 Å².